The van der Waals surface area contributed by atoms with E-state index in [1.807, 2.05) is 24.3 Å². The van der Waals surface area contributed by atoms with E-state index in [0.29, 0.717) is 17.1 Å². The Morgan fingerprint density at radius 3 is 2.68 bits per heavy atom. The van der Waals surface area contributed by atoms with Crippen molar-refractivity contribution in [3.8, 4) is 5.75 Å². The molecule has 2 rings (SSSR count). The van der Waals surface area contributed by atoms with E-state index in [1.54, 1.807) is 27.0 Å². The Bertz CT molecular complexity index is 584. The van der Waals surface area contributed by atoms with Crippen LogP contribution in [0.1, 0.15) is 27.4 Å². The molecule has 0 aliphatic rings. The van der Waals surface area contributed by atoms with Crippen LogP contribution in [0, 0.1) is 13.8 Å². The summed E-state index contributed by atoms with van der Waals surface area (Å²) in [6, 6.07) is 9.09. The molecule has 0 aliphatic carbocycles. The molecule has 0 spiro atoms. The van der Waals surface area contributed by atoms with Crippen molar-refractivity contribution in [3.05, 3.63) is 53.0 Å². The number of rotatable bonds is 4. The molecule has 0 saturated heterocycles. The van der Waals surface area contributed by atoms with Crippen LogP contribution < -0.4 is 4.74 Å². The van der Waals surface area contributed by atoms with Gasteiger partial charge >= 0.3 is 5.97 Å². The monoisotopic (exact) mass is 260 g/mol. The Morgan fingerprint density at radius 1 is 1.26 bits per heavy atom. The molecule has 4 nitrogen and oxygen atoms in total. The summed E-state index contributed by atoms with van der Waals surface area (Å²) in [6.07, 6.45) is 0. The van der Waals surface area contributed by atoms with E-state index in [1.165, 1.54) is 0 Å². The van der Waals surface area contributed by atoms with Crippen molar-refractivity contribution in [2.45, 2.75) is 20.5 Å². The van der Waals surface area contributed by atoms with Crippen molar-refractivity contribution < 1.29 is 18.7 Å². The first kappa shape index (κ1) is 13.2. The standard InChI is InChI=1S/C15H16O4/c1-10-7-14(11(2)19-10)15(16)18-9-12-5-4-6-13(8-12)17-3/h4-8H,9H2,1-3H3. The minimum atomic E-state index is -0.378. The number of benzene rings is 1. The fourth-order valence-corrected chi connectivity index (χ4v) is 1.82. The summed E-state index contributed by atoms with van der Waals surface area (Å²) in [6.45, 7) is 3.75. The first-order valence-corrected chi connectivity index (χ1v) is 5.97. The summed E-state index contributed by atoms with van der Waals surface area (Å²) in [7, 11) is 1.60. The van der Waals surface area contributed by atoms with Crippen LogP contribution in [0.4, 0.5) is 0 Å². The molecule has 1 aromatic carbocycles. The molecule has 0 saturated carbocycles. The van der Waals surface area contributed by atoms with Gasteiger partial charge in [-0.2, -0.15) is 0 Å². The van der Waals surface area contributed by atoms with Gasteiger partial charge in [-0.15, -0.1) is 0 Å². The van der Waals surface area contributed by atoms with Crippen LogP contribution in [0.3, 0.4) is 0 Å². The molecule has 19 heavy (non-hydrogen) atoms. The minimum absolute atomic E-state index is 0.208. The van der Waals surface area contributed by atoms with Crippen LogP contribution in [0.25, 0.3) is 0 Å². The second-order valence-electron chi connectivity index (χ2n) is 4.25. The molecule has 0 bridgehead atoms. The molecular formula is C15H16O4. The minimum Gasteiger partial charge on any atom is -0.497 e. The summed E-state index contributed by atoms with van der Waals surface area (Å²) in [5, 5.41) is 0. The number of esters is 1. The number of ether oxygens (including phenoxy) is 2. The molecule has 0 amide bonds. The predicted octanol–water partition coefficient (Wildman–Crippen LogP) is 3.26. The van der Waals surface area contributed by atoms with Gasteiger partial charge < -0.3 is 13.9 Å². The van der Waals surface area contributed by atoms with Gasteiger partial charge in [0.1, 0.15) is 29.4 Å². The molecule has 100 valence electrons. The van der Waals surface area contributed by atoms with E-state index >= 15 is 0 Å². The molecule has 0 fully saturated rings. The van der Waals surface area contributed by atoms with Crippen molar-refractivity contribution >= 4 is 5.97 Å². The van der Waals surface area contributed by atoms with Gasteiger partial charge in [-0.3, -0.25) is 0 Å². The first-order chi connectivity index (χ1) is 9.10. The summed E-state index contributed by atoms with van der Waals surface area (Å²) in [5.41, 5.74) is 1.35. The molecule has 0 atom stereocenters. The molecular weight excluding hydrogens is 244 g/mol. The molecule has 2 aromatic rings. The Morgan fingerprint density at radius 2 is 2.05 bits per heavy atom. The largest absolute Gasteiger partial charge is 0.497 e. The van der Waals surface area contributed by atoms with Crippen molar-refractivity contribution in [3.63, 3.8) is 0 Å². The zero-order valence-electron chi connectivity index (χ0n) is 11.2. The lowest BCUT2D eigenvalue weighted by molar-refractivity contribution is 0.0470. The Balaban J connectivity index is 2.02. The number of hydrogen-bond donors (Lipinski definition) is 0. The molecule has 0 aliphatic heterocycles. The third-order valence-electron chi connectivity index (χ3n) is 2.76. The number of aryl methyl sites for hydroxylation is 2. The lowest BCUT2D eigenvalue weighted by Crippen LogP contribution is -2.05. The van der Waals surface area contributed by atoms with E-state index in [-0.39, 0.29) is 12.6 Å². The van der Waals surface area contributed by atoms with E-state index < -0.39 is 0 Å². The van der Waals surface area contributed by atoms with E-state index in [2.05, 4.69) is 0 Å². The maximum atomic E-state index is 11.9. The summed E-state index contributed by atoms with van der Waals surface area (Å²) in [4.78, 5) is 11.9. The number of methoxy groups -OCH3 is 1. The maximum absolute atomic E-state index is 11.9. The van der Waals surface area contributed by atoms with Gasteiger partial charge in [0.15, 0.2) is 0 Å². The third-order valence-corrected chi connectivity index (χ3v) is 2.76. The van der Waals surface area contributed by atoms with Gasteiger partial charge in [0.05, 0.1) is 7.11 Å². The second kappa shape index (κ2) is 5.61. The highest BCUT2D eigenvalue weighted by Gasteiger charge is 2.14. The number of carbonyl (C=O) groups is 1. The predicted molar refractivity (Wildman–Crippen MR) is 70.3 cm³/mol. The van der Waals surface area contributed by atoms with Crippen LogP contribution in [0.15, 0.2) is 34.7 Å². The second-order valence-corrected chi connectivity index (χ2v) is 4.25. The van der Waals surface area contributed by atoms with Crippen LogP contribution in [0.5, 0.6) is 5.75 Å². The van der Waals surface area contributed by atoms with Crippen LogP contribution in [0.2, 0.25) is 0 Å². The van der Waals surface area contributed by atoms with Crippen LogP contribution in [-0.2, 0) is 11.3 Å². The summed E-state index contributed by atoms with van der Waals surface area (Å²) >= 11 is 0. The SMILES string of the molecule is COc1cccc(COC(=O)c2cc(C)oc2C)c1. The Hall–Kier alpha value is -2.23. The number of carbonyl (C=O) groups excluding carboxylic acids is 1. The van der Waals surface area contributed by atoms with E-state index in [4.69, 9.17) is 13.9 Å². The molecule has 1 aromatic heterocycles. The zero-order chi connectivity index (χ0) is 13.8. The lowest BCUT2D eigenvalue weighted by atomic mass is 10.2. The average Bonchev–Trinajstić information content (AvgIpc) is 2.75. The highest BCUT2D eigenvalue weighted by Crippen LogP contribution is 2.17. The molecule has 0 N–H and O–H groups in total. The number of furan rings is 1. The van der Waals surface area contributed by atoms with Crippen LogP contribution >= 0.6 is 0 Å². The van der Waals surface area contributed by atoms with E-state index in [9.17, 15) is 4.79 Å². The summed E-state index contributed by atoms with van der Waals surface area (Å²) < 4.78 is 15.7. The van der Waals surface area contributed by atoms with Gasteiger partial charge in [0.25, 0.3) is 0 Å². The molecule has 1 heterocycles. The van der Waals surface area contributed by atoms with Crippen molar-refractivity contribution in [1.82, 2.24) is 0 Å². The van der Waals surface area contributed by atoms with Crippen LogP contribution in [-0.4, -0.2) is 13.1 Å². The van der Waals surface area contributed by atoms with Crippen molar-refractivity contribution in [2.75, 3.05) is 7.11 Å². The van der Waals surface area contributed by atoms with Gasteiger partial charge in [0, 0.05) is 0 Å². The van der Waals surface area contributed by atoms with Crippen molar-refractivity contribution in [1.29, 1.82) is 0 Å². The highest BCUT2D eigenvalue weighted by atomic mass is 16.5. The number of hydrogen-bond acceptors (Lipinski definition) is 4. The average molecular weight is 260 g/mol. The topological polar surface area (TPSA) is 48.7 Å². The van der Waals surface area contributed by atoms with Gasteiger partial charge in [-0.1, -0.05) is 12.1 Å². The maximum Gasteiger partial charge on any atom is 0.342 e. The first-order valence-electron chi connectivity index (χ1n) is 5.97. The fourth-order valence-electron chi connectivity index (χ4n) is 1.82. The Kier molecular flexibility index (Phi) is 3.90. The molecule has 4 heteroatoms. The summed E-state index contributed by atoms with van der Waals surface area (Å²) in [5.74, 6) is 1.64. The van der Waals surface area contributed by atoms with Gasteiger partial charge in [0.2, 0.25) is 0 Å². The quantitative estimate of drug-likeness (QED) is 0.792. The highest BCUT2D eigenvalue weighted by molar-refractivity contribution is 5.90. The zero-order valence-corrected chi connectivity index (χ0v) is 11.2. The van der Waals surface area contributed by atoms with Gasteiger partial charge in [-0.25, -0.2) is 4.79 Å². The fraction of sp³-hybridized carbons (Fsp3) is 0.267. The smallest absolute Gasteiger partial charge is 0.342 e. The van der Waals surface area contributed by atoms with Gasteiger partial charge in [-0.05, 0) is 37.6 Å². The molecule has 0 unspecified atom stereocenters. The molecule has 0 radical (unpaired) electrons. The normalized spacial score (nSPS) is 10.3. The van der Waals surface area contributed by atoms with Crippen molar-refractivity contribution in [2.24, 2.45) is 0 Å². The lowest BCUT2D eigenvalue weighted by Gasteiger charge is -2.06. The third kappa shape index (κ3) is 3.16. The Labute approximate surface area is 111 Å². The van der Waals surface area contributed by atoms with E-state index in [0.717, 1.165) is 11.3 Å².